The zero-order chi connectivity index (χ0) is 19.6. The van der Waals surface area contributed by atoms with Gasteiger partial charge in [0, 0.05) is 11.1 Å². The van der Waals surface area contributed by atoms with Gasteiger partial charge in [-0.15, -0.1) is 0 Å². The summed E-state index contributed by atoms with van der Waals surface area (Å²) in [5.41, 5.74) is 5.82. The fourth-order valence-corrected chi connectivity index (χ4v) is 2.70. The molecule has 27 heavy (non-hydrogen) atoms. The van der Waals surface area contributed by atoms with Crippen LogP contribution >= 0.6 is 28.1 Å². The first-order valence-electron chi connectivity index (χ1n) is 8.40. The Balaban J connectivity index is 1.86. The molecule has 0 spiro atoms. The van der Waals surface area contributed by atoms with Crippen LogP contribution in [0.2, 0.25) is 0 Å². The van der Waals surface area contributed by atoms with E-state index in [0.717, 1.165) is 12.8 Å². The van der Waals surface area contributed by atoms with Crippen molar-refractivity contribution in [2.45, 2.75) is 19.8 Å². The summed E-state index contributed by atoms with van der Waals surface area (Å²) in [7, 11) is 0. The monoisotopic (exact) mass is 449 g/mol. The Morgan fingerprint density at radius 2 is 1.78 bits per heavy atom. The van der Waals surface area contributed by atoms with Gasteiger partial charge >= 0.3 is 0 Å². The normalized spacial score (nSPS) is 10.0. The van der Waals surface area contributed by atoms with Crippen LogP contribution in [0.1, 0.15) is 40.5 Å². The molecule has 3 N–H and O–H groups in total. The van der Waals surface area contributed by atoms with Gasteiger partial charge in [0.05, 0.1) is 11.1 Å². The fraction of sp³-hybridized carbons (Fsp3) is 0.211. The maximum Gasteiger partial charge on any atom is 0.269 e. The summed E-state index contributed by atoms with van der Waals surface area (Å²) in [6.07, 6.45) is 2.01. The zero-order valence-corrected chi connectivity index (χ0v) is 17.2. The molecule has 0 unspecified atom stereocenters. The molecule has 0 heterocycles. The van der Waals surface area contributed by atoms with Gasteiger partial charge in [-0.2, -0.15) is 0 Å². The number of rotatable bonds is 6. The van der Waals surface area contributed by atoms with Crippen molar-refractivity contribution >= 4 is 45.1 Å². The molecule has 0 aliphatic carbocycles. The van der Waals surface area contributed by atoms with E-state index in [9.17, 15) is 9.59 Å². The van der Waals surface area contributed by atoms with Crippen molar-refractivity contribution < 1.29 is 14.3 Å². The molecule has 0 fully saturated rings. The van der Waals surface area contributed by atoms with Gasteiger partial charge in [0.1, 0.15) is 5.75 Å². The quantitative estimate of drug-likeness (QED) is 0.356. The summed E-state index contributed by atoms with van der Waals surface area (Å²) < 4.78 is 6.32. The SMILES string of the molecule is CCCCOc1ccc(C(=O)NC(=S)NNC(=O)c2ccccc2)cc1Br. The Kier molecular flexibility index (Phi) is 8.22. The molecule has 0 aliphatic rings. The van der Waals surface area contributed by atoms with Crippen LogP contribution in [0.3, 0.4) is 0 Å². The number of ether oxygens (including phenoxy) is 1. The van der Waals surface area contributed by atoms with Crippen molar-refractivity contribution in [2.75, 3.05) is 6.61 Å². The van der Waals surface area contributed by atoms with Gasteiger partial charge in [-0.1, -0.05) is 31.5 Å². The number of hydrogen-bond acceptors (Lipinski definition) is 4. The third-order valence-electron chi connectivity index (χ3n) is 3.50. The maximum atomic E-state index is 12.3. The second-order valence-electron chi connectivity index (χ2n) is 5.58. The summed E-state index contributed by atoms with van der Waals surface area (Å²) in [6, 6.07) is 13.7. The lowest BCUT2D eigenvalue weighted by atomic mass is 10.2. The van der Waals surface area contributed by atoms with E-state index in [0.29, 0.717) is 28.0 Å². The largest absolute Gasteiger partial charge is 0.492 e. The number of amides is 2. The summed E-state index contributed by atoms with van der Waals surface area (Å²) >= 11 is 8.43. The first kappa shape index (κ1) is 20.9. The van der Waals surface area contributed by atoms with E-state index in [1.165, 1.54) is 0 Å². The third-order valence-corrected chi connectivity index (χ3v) is 4.33. The Labute approximate surface area is 171 Å². The first-order valence-corrected chi connectivity index (χ1v) is 9.60. The molecule has 0 aliphatic heterocycles. The van der Waals surface area contributed by atoms with E-state index >= 15 is 0 Å². The van der Waals surface area contributed by atoms with E-state index < -0.39 is 5.91 Å². The number of hydrazine groups is 1. The number of halogens is 1. The van der Waals surface area contributed by atoms with Crippen molar-refractivity contribution in [3.05, 3.63) is 64.1 Å². The zero-order valence-electron chi connectivity index (χ0n) is 14.8. The van der Waals surface area contributed by atoms with Gasteiger partial charge in [0.15, 0.2) is 5.11 Å². The highest BCUT2D eigenvalue weighted by Crippen LogP contribution is 2.26. The lowest BCUT2D eigenvalue weighted by molar-refractivity contribution is 0.0934. The summed E-state index contributed by atoms with van der Waals surface area (Å²) in [5, 5.41) is 2.50. The molecule has 6 nitrogen and oxygen atoms in total. The highest BCUT2D eigenvalue weighted by atomic mass is 79.9. The van der Waals surface area contributed by atoms with Gasteiger partial charge in [0.25, 0.3) is 11.8 Å². The van der Waals surface area contributed by atoms with E-state index in [4.69, 9.17) is 17.0 Å². The molecule has 2 amide bonds. The van der Waals surface area contributed by atoms with Gasteiger partial charge < -0.3 is 4.74 Å². The molecular weight excluding hydrogens is 430 g/mol. The number of carbonyl (C=O) groups is 2. The van der Waals surface area contributed by atoms with Crippen LogP contribution < -0.4 is 20.9 Å². The highest BCUT2D eigenvalue weighted by molar-refractivity contribution is 9.10. The highest BCUT2D eigenvalue weighted by Gasteiger charge is 2.12. The van der Waals surface area contributed by atoms with E-state index in [1.807, 2.05) is 6.07 Å². The average molecular weight is 450 g/mol. The average Bonchev–Trinajstić information content (AvgIpc) is 2.68. The first-order chi connectivity index (χ1) is 13.0. The van der Waals surface area contributed by atoms with E-state index in [1.54, 1.807) is 42.5 Å². The molecule has 0 aromatic heterocycles. The summed E-state index contributed by atoms with van der Waals surface area (Å²) in [5.74, 6) is -0.0818. The maximum absolute atomic E-state index is 12.3. The van der Waals surface area contributed by atoms with E-state index in [-0.39, 0.29) is 11.0 Å². The standard InChI is InChI=1S/C19H20BrN3O3S/c1-2-3-11-26-16-10-9-14(12-15(16)20)17(24)21-19(27)23-22-18(25)13-7-5-4-6-8-13/h4-10,12H,2-3,11H2,1H3,(H,22,25)(H2,21,23,24,27). The lowest BCUT2D eigenvalue weighted by Crippen LogP contribution is -2.48. The topological polar surface area (TPSA) is 79.5 Å². The number of benzene rings is 2. The fourth-order valence-electron chi connectivity index (χ4n) is 2.07. The Hall–Kier alpha value is -2.45. The van der Waals surface area contributed by atoms with Crippen LogP contribution in [0.15, 0.2) is 53.0 Å². The van der Waals surface area contributed by atoms with Crippen LogP contribution in [0, 0.1) is 0 Å². The molecule has 2 aromatic carbocycles. The molecule has 142 valence electrons. The number of unbranched alkanes of at least 4 members (excludes halogenated alkanes) is 1. The Morgan fingerprint density at radius 3 is 2.44 bits per heavy atom. The number of hydrogen-bond donors (Lipinski definition) is 3. The predicted molar refractivity (Wildman–Crippen MR) is 112 cm³/mol. The second-order valence-corrected chi connectivity index (χ2v) is 6.84. The van der Waals surface area contributed by atoms with Crippen LogP contribution in [-0.4, -0.2) is 23.5 Å². The van der Waals surface area contributed by atoms with Gasteiger partial charge in [-0.05, 0) is 64.9 Å². The second kappa shape index (κ2) is 10.6. The lowest BCUT2D eigenvalue weighted by Gasteiger charge is -2.12. The molecular formula is C19H20BrN3O3S. The van der Waals surface area contributed by atoms with Crippen LogP contribution in [0.25, 0.3) is 0 Å². The summed E-state index contributed by atoms with van der Waals surface area (Å²) in [4.78, 5) is 24.2. The summed E-state index contributed by atoms with van der Waals surface area (Å²) in [6.45, 7) is 2.71. The Morgan fingerprint density at radius 1 is 1.04 bits per heavy atom. The van der Waals surface area contributed by atoms with Gasteiger partial charge in [-0.3, -0.25) is 25.8 Å². The van der Waals surface area contributed by atoms with Crippen molar-refractivity contribution in [1.82, 2.24) is 16.2 Å². The van der Waals surface area contributed by atoms with Crippen LogP contribution in [-0.2, 0) is 0 Å². The van der Waals surface area contributed by atoms with E-state index in [2.05, 4.69) is 39.0 Å². The molecule has 2 rings (SSSR count). The number of nitrogens with one attached hydrogen (secondary N) is 3. The molecule has 0 bridgehead atoms. The molecule has 2 aromatic rings. The van der Waals surface area contributed by atoms with Crippen molar-refractivity contribution in [3.8, 4) is 5.75 Å². The van der Waals surface area contributed by atoms with Crippen molar-refractivity contribution in [3.63, 3.8) is 0 Å². The van der Waals surface area contributed by atoms with Gasteiger partial charge in [-0.25, -0.2) is 0 Å². The minimum Gasteiger partial charge on any atom is -0.492 e. The predicted octanol–water partition coefficient (Wildman–Crippen LogP) is 3.58. The van der Waals surface area contributed by atoms with Gasteiger partial charge in [0.2, 0.25) is 0 Å². The number of thiocarbonyl (C=S) groups is 1. The van der Waals surface area contributed by atoms with Crippen LogP contribution in [0.5, 0.6) is 5.75 Å². The molecule has 0 radical (unpaired) electrons. The number of carbonyl (C=O) groups excluding carboxylic acids is 2. The van der Waals surface area contributed by atoms with Crippen LogP contribution in [0.4, 0.5) is 0 Å². The van der Waals surface area contributed by atoms with Crippen molar-refractivity contribution in [2.24, 2.45) is 0 Å². The molecule has 0 saturated heterocycles. The smallest absolute Gasteiger partial charge is 0.269 e. The Bertz CT molecular complexity index is 815. The van der Waals surface area contributed by atoms with Crippen molar-refractivity contribution in [1.29, 1.82) is 0 Å². The molecule has 0 saturated carbocycles. The molecule has 8 heteroatoms. The minimum atomic E-state index is -0.401. The molecule has 0 atom stereocenters. The third kappa shape index (κ3) is 6.65. The minimum absolute atomic E-state index is 0.0105.